The molecule has 0 aliphatic rings. The zero-order valence-electron chi connectivity index (χ0n) is 9.99. The van der Waals surface area contributed by atoms with Gasteiger partial charge in [-0.25, -0.2) is 5.84 Å². The minimum absolute atomic E-state index is 0.501. The van der Waals surface area contributed by atoms with Crippen molar-refractivity contribution in [1.29, 1.82) is 0 Å². The molecular weight excluding hydrogens is 202 g/mol. The summed E-state index contributed by atoms with van der Waals surface area (Å²) in [6, 6.07) is 1.98. The van der Waals surface area contributed by atoms with Crippen molar-refractivity contribution in [3.8, 4) is 0 Å². The van der Waals surface area contributed by atoms with Gasteiger partial charge in [0.2, 0.25) is 5.96 Å². The van der Waals surface area contributed by atoms with Gasteiger partial charge in [-0.1, -0.05) is 13.8 Å². The SMILES string of the molecule is Cc1cncc(NC(=NCC(C)C)NN)c1. The number of pyridine rings is 1. The monoisotopic (exact) mass is 221 g/mol. The summed E-state index contributed by atoms with van der Waals surface area (Å²) in [5, 5.41) is 3.08. The highest BCUT2D eigenvalue weighted by Gasteiger charge is 1.99. The van der Waals surface area contributed by atoms with Gasteiger partial charge in [-0.05, 0) is 24.5 Å². The van der Waals surface area contributed by atoms with Gasteiger partial charge >= 0.3 is 0 Å². The summed E-state index contributed by atoms with van der Waals surface area (Å²) in [5.41, 5.74) is 4.50. The van der Waals surface area contributed by atoms with Crippen molar-refractivity contribution in [3.63, 3.8) is 0 Å². The molecule has 16 heavy (non-hydrogen) atoms. The molecule has 1 heterocycles. The maximum absolute atomic E-state index is 5.38. The van der Waals surface area contributed by atoms with Crippen molar-refractivity contribution in [1.82, 2.24) is 10.4 Å². The highest BCUT2D eigenvalue weighted by atomic mass is 15.3. The van der Waals surface area contributed by atoms with Crippen molar-refractivity contribution in [2.45, 2.75) is 20.8 Å². The third kappa shape index (κ3) is 4.27. The highest BCUT2D eigenvalue weighted by molar-refractivity contribution is 5.93. The van der Waals surface area contributed by atoms with Crippen LogP contribution in [-0.2, 0) is 0 Å². The molecule has 0 aliphatic heterocycles. The molecule has 0 aromatic carbocycles. The van der Waals surface area contributed by atoms with E-state index in [-0.39, 0.29) is 0 Å². The normalized spacial score (nSPS) is 11.7. The number of hydrogen-bond donors (Lipinski definition) is 3. The van der Waals surface area contributed by atoms with E-state index in [0.717, 1.165) is 17.8 Å². The van der Waals surface area contributed by atoms with Crippen LogP contribution < -0.4 is 16.6 Å². The average Bonchev–Trinajstić information content (AvgIpc) is 2.24. The largest absolute Gasteiger partial charge is 0.324 e. The molecule has 5 nitrogen and oxygen atoms in total. The Hall–Kier alpha value is -1.62. The maximum Gasteiger partial charge on any atom is 0.210 e. The molecular formula is C11H19N5. The molecule has 88 valence electrons. The number of aromatic nitrogens is 1. The third-order valence-electron chi connectivity index (χ3n) is 1.89. The summed E-state index contributed by atoms with van der Waals surface area (Å²) in [6.45, 7) is 6.92. The average molecular weight is 221 g/mol. The summed E-state index contributed by atoms with van der Waals surface area (Å²) in [4.78, 5) is 8.39. The Morgan fingerprint density at radius 3 is 2.81 bits per heavy atom. The van der Waals surface area contributed by atoms with Crippen LogP contribution in [0.25, 0.3) is 0 Å². The predicted octanol–water partition coefficient (Wildman–Crippen LogP) is 1.28. The van der Waals surface area contributed by atoms with E-state index >= 15 is 0 Å². The molecule has 0 radical (unpaired) electrons. The van der Waals surface area contributed by atoms with E-state index in [4.69, 9.17) is 5.84 Å². The summed E-state index contributed by atoms with van der Waals surface area (Å²) < 4.78 is 0. The van der Waals surface area contributed by atoms with Gasteiger partial charge in [0, 0.05) is 12.7 Å². The Bertz CT molecular complexity index is 359. The van der Waals surface area contributed by atoms with Crippen LogP contribution in [0.4, 0.5) is 5.69 Å². The smallest absolute Gasteiger partial charge is 0.210 e. The van der Waals surface area contributed by atoms with E-state index in [1.807, 2.05) is 13.0 Å². The molecule has 0 unspecified atom stereocenters. The van der Waals surface area contributed by atoms with Gasteiger partial charge < -0.3 is 5.32 Å². The minimum atomic E-state index is 0.501. The van der Waals surface area contributed by atoms with Crippen LogP contribution in [0.2, 0.25) is 0 Å². The minimum Gasteiger partial charge on any atom is -0.324 e. The molecule has 5 heteroatoms. The zero-order chi connectivity index (χ0) is 12.0. The van der Waals surface area contributed by atoms with Crippen LogP contribution >= 0.6 is 0 Å². The van der Waals surface area contributed by atoms with E-state index in [0.29, 0.717) is 11.9 Å². The second kappa shape index (κ2) is 6.07. The number of aryl methyl sites for hydroxylation is 1. The van der Waals surface area contributed by atoms with E-state index in [1.165, 1.54) is 0 Å². The van der Waals surface area contributed by atoms with Gasteiger partial charge in [0.1, 0.15) is 0 Å². The van der Waals surface area contributed by atoms with Crippen LogP contribution in [-0.4, -0.2) is 17.5 Å². The Morgan fingerprint density at radius 1 is 1.50 bits per heavy atom. The van der Waals surface area contributed by atoms with Crippen LogP contribution in [0.1, 0.15) is 19.4 Å². The summed E-state index contributed by atoms with van der Waals surface area (Å²) in [6.07, 6.45) is 3.53. The summed E-state index contributed by atoms with van der Waals surface area (Å²) in [7, 11) is 0. The molecule has 4 N–H and O–H groups in total. The molecule has 1 rings (SSSR count). The third-order valence-corrected chi connectivity index (χ3v) is 1.89. The first-order valence-corrected chi connectivity index (χ1v) is 5.31. The topological polar surface area (TPSA) is 75.3 Å². The summed E-state index contributed by atoms with van der Waals surface area (Å²) >= 11 is 0. The molecule has 0 spiro atoms. The quantitative estimate of drug-likeness (QED) is 0.311. The fourth-order valence-electron chi connectivity index (χ4n) is 1.16. The highest BCUT2D eigenvalue weighted by Crippen LogP contribution is 2.06. The molecule has 0 aliphatic carbocycles. The number of nitrogens with two attached hydrogens (primary N) is 1. The number of hydrazine groups is 1. The van der Waals surface area contributed by atoms with Crippen LogP contribution in [0.3, 0.4) is 0 Å². The number of nitrogens with zero attached hydrogens (tertiary/aromatic N) is 2. The molecule has 0 amide bonds. The standard InChI is InChI=1S/C11H19N5/c1-8(2)5-14-11(16-12)15-10-4-9(3)6-13-7-10/h4,6-8H,5,12H2,1-3H3,(H2,14,15,16). The summed E-state index contributed by atoms with van der Waals surface area (Å²) in [5.74, 6) is 6.44. The Labute approximate surface area is 96.1 Å². The first-order valence-electron chi connectivity index (χ1n) is 5.31. The van der Waals surface area contributed by atoms with E-state index in [2.05, 4.69) is 34.6 Å². The molecule has 0 fully saturated rings. The lowest BCUT2D eigenvalue weighted by atomic mass is 10.2. The van der Waals surface area contributed by atoms with Crippen molar-refractivity contribution in [2.24, 2.45) is 16.8 Å². The predicted molar refractivity (Wildman–Crippen MR) is 67.1 cm³/mol. The van der Waals surface area contributed by atoms with Crippen LogP contribution in [0.15, 0.2) is 23.5 Å². The van der Waals surface area contributed by atoms with E-state index in [1.54, 1.807) is 12.4 Å². The second-order valence-corrected chi connectivity index (χ2v) is 4.10. The van der Waals surface area contributed by atoms with Crippen molar-refractivity contribution < 1.29 is 0 Å². The number of anilines is 1. The van der Waals surface area contributed by atoms with Crippen molar-refractivity contribution in [2.75, 3.05) is 11.9 Å². The molecule has 0 saturated carbocycles. The number of guanidine groups is 1. The molecule has 0 atom stereocenters. The Balaban J connectivity index is 2.66. The Morgan fingerprint density at radius 2 is 2.25 bits per heavy atom. The maximum atomic E-state index is 5.38. The first kappa shape index (κ1) is 12.4. The molecule has 0 bridgehead atoms. The van der Waals surface area contributed by atoms with Gasteiger partial charge in [-0.2, -0.15) is 0 Å². The molecule has 1 aromatic heterocycles. The fourth-order valence-corrected chi connectivity index (χ4v) is 1.16. The number of nitrogens with one attached hydrogen (secondary N) is 2. The van der Waals surface area contributed by atoms with Gasteiger partial charge in [-0.15, -0.1) is 0 Å². The first-order chi connectivity index (χ1) is 7.61. The zero-order valence-corrected chi connectivity index (χ0v) is 9.99. The number of hydrogen-bond acceptors (Lipinski definition) is 3. The van der Waals surface area contributed by atoms with Gasteiger partial charge in [0.25, 0.3) is 0 Å². The molecule has 0 saturated heterocycles. The second-order valence-electron chi connectivity index (χ2n) is 4.10. The van der Waals surface area contributed by atoms with Crippen LogP contribution in [0, 0.1) is 12.8 Å². The van der Waals surface area contributed by atoms with Crippen molar-refractivity contribution >= 4 is 11.6 Å². The van der Waals surface area contributed by atoms with Crippen LogP contribution in [0.5, 0.6) is 0 Å². The lowest BCUT2D eigenvalue weighted by molar-refractivity contribution is 0.663. The van der Waals surface area contributed by atoms with Gasteiger partial charge in [0.15, 0.2) is 0 Å². The lowest BCUT2D eigenvalue weighted by Gasteiger charge is -2.10. The Kier molecular flexibility index (Phi) is 4.72. The van der Waals surface area contributed by atoms with E-state index in [9.17, 15) is 0 Å². The molecule has 1 aromatic rings. The number of rotatable bonds is 3. The fraction of sp³-hybridized carbons (Fsp3) is 0.455. The van der Waals surface area contributed by atoms with E-state index < -0.39 is 0 Å². The van der Waals surface area contributed by atoms with Gasteiger partial charge in [-0.3, -0.25) is 15.4 Å². The number of aliphatic imine (C=N–C) groups is 1. The lowest BCUT2D eigenvalue weighted by Crippen LogP contribution is -2.36. The van der Waals surface area contributed by atoms with Gasteiger partial charge in [0.05, 0.1) is 11.9 Å². The van der Waals surface area contributed by atoms with Crippen molar-refractivity contribution in [3.05, 3.63) is 24.0 Å².